The summed E-state index contributed by atoms with van der Waals surface area (Å²) in [6.45, 7) is 3.73. The largest absolute Gasteiger partial charge is 0.339 e. The Morgan fingerprint density at radius 1 is 1.04 bits per heavy atom. The highest BCUT2D eigenvalue weighted by molar-refractivity contribution is 6.07. The van der Waals surface area contributed by atoms with Crippen molar-refractivity contribution in [1.29, 1.82) is 0 Å². The predicted octanol–water partition coefficient (Wildman–Crippen LogP) is 3.84. The van der Waals surface area contributed by atoms with E-state index in [-0.39, 0.29) is 5.91 Å². The van der Waals surface area contributed by atoms with E-state index in [4.69, 9.17) is 4.98 Å². The van der Waals surface area contributed by atoms with Crippen LogP contribution in [0.4, 0.5) is 0 Å². The van der Waals surface area contributed by atoms with E-state index in [0.717, 1.165) is 59.2 Å². The molecule has 1 aliphatic heterocycles. The number of carbonyl (C=O) groups excluding carboxylic acids is 1. The molecule has 3 heterocycles. The Kier molecular flexibility index (Phi) is 3.73. The third kappa shape index (κ3) is 2.64. The second kappa shape index (κ2) is 6.04. The van der Waals surface area contributed by atoms with Crippen molar-refractivity contribution >= 4 is 16.8 Å². The van der Waals surface area contributed by atoms with Gasteiger partial charge in [-0.2, -0.15) is 0 Å². The van der Waals surface area contributed by atoms with E-state index in [2.05, 4.69) is 11.1 Å². The summed E-state index contributed by atoms with van der Waals surface area (Å²) >= 11 is 0. The summed E-state index contributed by atoms with van der Waals surface area (Å²) in [5.74, 6) is 0.112. The minimum absolute atomic E-state index is 0.112. The Morgan fingerprint density at radius 2 is 1.79 bits per heavy atom. The van der Waals surface area contributed by atoms with Crippen LogP contribution in [0.5, 0.6) is 0 Å². The number of aryl methyl sites for hydroxylation is 1. The van der Waals surface area contributed by atoms with Gasteiger partial charge in [-0.1, -0.05) is 11.6 Å². The molecule has 0 bridgehead atoms. The highest BCUT2D eigenvalue weighted by Gasteiger charge is 2.22. The lowest BCUT2D eigenvalue weighted by molar-refractivity contribution is 0.0794. The van der Waals surface area contributed by atoms with Gasteiger partial charge < -0.3 is 4.90 Å². The summed E-state index contributed by atoms with van der Waals surface area (Å²) in [5.41, 5.74) is 4.53. The SMILES string of the molecule is Cc1ccc2nc(-c3ccncc3)cc(C(=O)N3CCCC3)c2c1. The fourth-order valence-electron chi connectivity index (χ4n) is 3.28. The van der Waals surface area contributed by atoms with E-state index in [0.29, 0.717) is 0 Å². The maximum atomic E-state index is 13.0. The van der Waals surface area contributed by atoms with Crippen LogP contribution in [0, 0.1) is 6.92 Å². The van der Waals surface area contributed by atoms with E-state index in [1.165, 1.54) is 0 Å². The lowest BCUT2D eigenvalue weighted by Gasteiger charge is -2.17. The van der Waals surface area contributed by atoms with Crippen molar-refractivity contribution in [3.05, 3.63) is 59.9 Å². The molecule has 3 aromatic rings. The molecule has 120 valence electrons. The van der Waals surface area contributed by atoms with Gasteiger partial charge in [0, 0.05) is 36.4 Å². The number of carbonyl (C=O) groups is 1. The van der Waals surface area contributed by atoms with E-state index in [1.54, 1.807) is 12.4 Å². The van der Waals surface area contributed by atoms with Crippen LogP contribution in [-0.2, 0) is 0 Å². The van der Waals surface area contributed by atoms with Crippen molar-refractivity contribution in [2.75, 3.05) is 13.1 Å². The Morgan fingerprint density at radius 3 is 2.54 bits per heavy atom. The van der Waals surface area contributed by atoms with Crippen molar-refractivity contribution in [1.82, 2.24) is 14.9 Å². The molecule has 0 saturated carbocycles. The van der Waals surface area contributed by atoms with Crippen molar-refractivity contribution in [3.8, 4) is 11.3 Å². The zero-order chi connectivity index (χ0) is 16.5. The number of rotatable bonds is 2. The van der Waals surface area contributed by atoms with Crippen molar-refractivity contribution in [2.24, 2.45) is 0 Å². The van der Waals surface area contributed by atoms with Gasteiger partial charge in [0.2, 0.25) is 0 Å². The number of likely N-dealkylation sites (tertiary alicyclic amines) is 1. The first-order valence-corrected chi connectivity index (χ1v) is 8.33. The number of hydrogen-bond donors (Lipinski definition) is 0. The third-order valence-electron chi connectivity index (χ3n) is 4.56. The number of aromatic nitrogens is 2. The summed E-state index contributed by atoms with van der Waals surface area (Å²) in [5, 5.41) is 0.935. The van der Waals surface area contributed by atoms with Gasteiger partial charge in [-0.25, -0.2) is 4.98 Å². The molecule has 1 fully saturated rings. The monoisotopic (exact) mass is 317 g/mol. The molecule has 4 nitrogen and oxygen atoms in total. The minimum Gasteiger partial charge on any atom is -0.339 e. The first-order chi connectivity index (χ1) is 11.7. The van der Waals surface area contributed by atoms with Crippen LogP contribution in [0.2, 0.25) is 0 Å². The van der Waals surface area contributed by atoms with Crippen LogP contribution in [0.15, 0.2) is 48.8 Å². The highest BCUT2D eigenvalue weighted by atomic mass is 16.2. The first-order valence-electron chi connectivity index (χ1n) is 8.33. The maximum Gasteiger partial charge on any atom is 0.254 e. The van der Waals surface area contributed by atoms with Gasteiger partial charge in [0.15, 0.2) is 0 Å². The summed E-state index contributed by atoms with van der Waals surface area (Å²) in [7, 11) is 0. The number of pyridine rings is 2. The highest BCUT2D eigenvalue weighted by Crippen LogP contribution is 2.27. The Bertz CT molecular complexity index is 899. The van der Waals surface area contributed by atoms with Gasteiger partial charge >= 0.3 is 0 Å². The van der Waals surface area contributed by atoms with Crippen LogP contribution < -0.4 is 0 Å². The molecule has 4 heteroatoms. The first kappa shape index (κ1) is 14.8. The zero-order valence-corrected chi connectivity index (χ0v) is 13.7. The van der Waals surface area contributed by atoms with Crippen LogP contribution in [0.3, 0.4) is 0 Å². The molecular formula is C20H19N3O. The van der Waals surface area contributed by atoms with Crippen LogP contribution in [0.1, 0.15) is 28.8 Å². The standard InChI is InChI=1S/C20H19N3O/c1-14-4-5-18-16(12-14)17(20(24)23-10-2-3-11-23)13-19(22-18)15-6-8-21-9-7-15/h4-9,12-13H,2-3,10-11H2,1H3. The topological polar surface area (TPSA) is 46.1 Å². The van der Waals surface area contributed by atoms with Crippen LogP contribution in [0.25, 0.3) is 22.2 Å². The molecule has 1 aromatic carbocycles. The van der Waals surface area contributed by atoms with Crippen LogP contribution in [-0.4, -0.2) is 33.9 Å². The van der Waals surface area contributed by atoms with Crippen LogP contribution >= 0.6 is 0 Å². The third-order valence-corrected chi connectivity index (χ3v) is 4.56. The zero-order valence-electron chi connectivity index (χ0n) is 13.7. The summed E-state index contributed by atoms with van der Waals surface area (Å²) in [4.78, 5) is 23.8. The summed E-state index contributed by atoms with van der Waals surface area (Å²) < 4.78 is 0. The van der Waals surface area contributed by atoms with E-state index in [1.807, 2.05) is 42.2 Å². The number of fused-ring (bicyclic) bond motifs is 1. The number of hydrogen-bond acceptors (Lipinski definition) is 3. The van der Waals surface area contributed by atoms with Gasteiger partial charge in [-0.15, -0.1) is 0 Å². The summed E-state index contributed by atoms with van der Waals surface area (Å²) in [6, 6.07) is 11.9. The second-order valence-corrected chi connectivity index (χ2v) is 6.31. The fraction of sp³-hybridized carbons (Fsp3) is 0.250. The predicted molar refractivity (Wildman–Crippen MR) is 94.8 cm³/mol. The van der Waals surface area contributed by atoms with Crippen molar-refractivity contribution in [3.63, 3.8) is 0 Å². The van der Waals surface area contributed by atoms with Gasteiger partial charge in [0.05, 0.1) is 16.8 Å². The van der Waals surface area contributed by atoms with Gasteiger partial charge in [-0.05, 0) is 50.1 Å². The van der Waals surface area contributed by atoms with E-state index in [9.17, 15) is 4.79 Å². The second-order valence-electron chi connectivity index (χ2n) is 6.31. The molecular weight excluding hydrogens is 298 g/mol. The molecule has 1 aliphatic rings. The lowest BCUT2D eigenvalue weighted by atomic mass is 10.0. The van der Waals surface area contributed by atoms with Crippen molar-refractivity contribution < 1.29 is 4.79 Å². The summed E-state index contributed by atoms with van der Waals surface area (Å²) in [6.07, 6.45) is 5.67. The Balaban J connectivity index is 1.91. The number of nitrogens with zero attached hydrogens (tertiary/aromatic N) is 3. The molecule has 1 amide bonds. The molecule has 0 N–H and O–H groups in total. The number of amides is 1. The normalized spacial score (nSPS) is 14.3. The minimum atomic E-state index is 0.112. The van der Waals surface area contributed by atoms with Gasteiger partial charge in [0.25, 0.3) is 5.91 Å². The average molecular weight is 317 g/mol. The maximum absolute atomic E-state index is 13.0. The fourth-order valence-corrected chi connectivity index (χ4v) is 3.28. The molecule has 0 atom stereocenters. The van der Waals surface area contributed by atoms with E-state index >= 15 is 0 Å². The van der Waals surface area contributed by atoms with Gasteiger partial charge in [-0.3, -0.25) is 9.78 Å². The number of benzene rings is 1. The average Bonchev–Trinajstić information content (AvgIpc) is 3.15. The Hall–Kier alpha value is -2.75. The molecule has 0 aliphatic carbocycles. The molecule has 24 heavy (non-hydrogen) atoms. The molecule has 0 unspecified atom stereocenters. The van der Waals surface area contributed by atoms with E-state index < -0.39 is 0 Å². The smallest absolute Gasteiger partial charge is 0.254 e. The Labute approximate surface area is 141 Å². The lowest BCUT2D eigenvalue weighted by Crippen LogP contribution is -2.27. The molecule has 4 rings (SSSR count). The van der Waals surface area contributed by atoms with Crippen molar-refractivity contribution in [2.45, 2.75) is 19.8 Å². The molecule has 0 spiro atoms. The molecule has 2 aromatic heterocycles. The molecule has 0 radical (unpaired) electrons. The van der Waals surface area contributed by atoms with Gasteiger partial charge in [0.1, 0.15) is 0 Å². The molecule has 1 saturated heterocycles. The quantitative estimate of drug-likeness (QED) is 0.721.